The van der Waals surface area contributed by atoms with E-state index in [2.05, 4.69) is 51.4 Å². The van der Waals surface area contributed by atoms with Gasteiger partial charge in [0.05, 0.1) is 11.3 Å². The summed E-state index contributed by atoms with van der Waals surface area (Å²) in [4.78, 5) is 23.5. The first-order chi connectivity index (χ1) is 12.7. The van der Waals surface area contributed by atoms with Crippen LogP contribution < -0.4 is 4.90 Å². The third kappa shape index (κ3) is 3.05. The lowest BCUT2D eigenvalue weighted by Crippen LogP contribution is -2.39. The highest BCUT2D eigenvalue weighted by Crippen LogP contribution is 2.38. The van der Waals surface area contributed by atoms with Crippen LogP contribution in [0.5, 0.6) is 0 Å². The number of aromatic nitrogens is 2. The first kappa shape index (κ1) is 17.0. The molecule has 5 nitrogen and oxygen atoms in total. The van der Waals surface area contributed by atoms with Crippen molar-refractivity contribution in [3.63, 3.8) is 0 Å². The van der Waals surface area contributed by atoms with Crippen molar-refractivity contribution in [2.45, 2.75) is 26.2 Å². The summed E-state index contributed by atoms with van der Waals surface area (Å²) in [6.45, 7) is 3.49. The van der Waals surface area contributed by atoms with Gasteiger partial charge in [0, 0.05) is 24.0 Å². The van der Waals surface area contributed by atoms with E-state index in [9.17, 15) is 9.90 Å². The summed E-state index contributed by atoms with van der Waals surface area (Å²) >= 11 is 1.61. The Hall–Kier alpha value is -2.47. The van der Waals surface area contributed by atoms with Crippen LogP contribution in [0.3, 0.4) is 0 Å². The number of nitrogens with zero attached hydrogens (tertiary/aromatic N) is 3. The molecule has 134 valence electrons. The topological polar surface area (TPSA) is 66.3 Å². The van der Waals surface area contributed by atoms with Gasteiger partial charge in [-0.05, 0) is 30.4 Å². The third-order valence-electron chi connectivity index (χ3n) is 5.09. The van der Waals surface area contributed by atoms with Crippen LogP contribution in [-0.4, -0.2) is 34.1 Å². The summed E-state index contributed by atoms with van der Waals surface area (Å²) < 4.78 is 0. The van der Waals surface area contributed by atoms with Gasteiger partial charge in [-0.3, -0.25) is 4.79 Å². The van der Waals surface area contributed by atoms with E-state index in [0.29, 0.717) is 6.54 Å². The molecule has 6 heteroatoms. The number of carboxylic acids is 1. The minimum absolute atomic E-state index is 0.334. The standard InChI is InChI=1S/C20H21N3O2S/c1-2-13-5-7-14(8-6-13)16-11-26-19-17(16)18(21-12-22-19)23-9-3-4-15(10-23)20(24)25/h5-8,11-12,15H,2-4,9-10H2,1H3,(H,24,25). The molecule has 0 saturated carbocycles. The van der Waals surface area contributed by atoms with Gasteiger partial charge in [0.1, 0.15) is 17.0 Å². The van der Waals surface area contributed by atoms with Crippen LogP contribution in [0.1, 0.15) is 25.3 Å². The van der Waals surface area contributed by atoms with Gasteiger partial charge in [-0.1, -0.05) is 31.2 Å². The van der Waals surface area contributed by atoms with Gasteiger partial charge < -0.3 is 10.0 Å². The van der Waals surface area contributed by atoms with Crippen molar-refractivity contribution in [3.05, 3.63) is 41.5 Å². The number of benzene rings is 1. The van der Waals surface area contributed by atoms with Crippen LogP contribution in [0, 0.1) is 5.92 Å². The van der Waals surface area contributed by atoms with Crippen LogP contribution in [-0.2, 0) is 11.2 Å². The molecule has 1 atom stereocenters. The van der Waals surface area contributed by atoms with E-state index in [1.54, 1.807) is 17.7 Å². The molecule has 1 aliphatic heterocycles. The van der Waals surface area contributed by atoms with Crippen molar-refractivity contribution >= 4 is 33.3 Å². The lowest BCUT2D eigenvalue weighted by Gasteiger charge is -2.32. The van der Waals surface area contributed by atoms with Gasteiger partial charge in [-0.15, -0.1) is 11.3 Å². The molecule has 0 bridgehead atoms. The van der Waals surface area contributed by atoms with Gasteiger partial charge >= 0.3 is 5.97 Å². The summed E-state index contributed by atoms with van der Waals surface area (Å²) in [7, 11) is 0. The highest BCUT2D eigenvalue weighted by molar-refractivity contribution is 7.17. The number of rotatable bonds is 4. The number of aliphatic carboxylic acids is 1. The molecule has 1 N–H and O–H groups in total. The normalized spacial score (nSPS) is 17.6. The number of hydrogen-bond acceptors (Lipinski definition) is 5. The Kier molecular flexibility index (Phi) is 4.59. The Labute approximate surface area is 156 Å². The molecule has 1 unspecified atom stereocenters. The first-order valence-corrected chi connectivity index (χ1v) is 9.84. The molecule has 4 rings (SSSR count). The third-order valence-corrected chi connectivity index (χ3v) is 5.98. The van der Waals surface area contributed by atoms with E-state index < -0.39 is 5.97 Å². The molecule has 0 aliphatic carbocycles. The van der Waals surface area contributed by atoms with E-state index in [0.717, 1.165) is 53.0 Å². The molecule has 1 aliphatic rings. The summed E-state index contributed by atoms with van der Waals surface area (Å²) in [5, 5.41) is 12.6. The first-order valence-electron chi connectivity index (χ1n) is 8.96. The number of hydrogen-bond donors (Lipinski definition) is 1. The van der Waals surface area contributed by atoms with Gasteiger partial charge in [-0.25, -0.2) is 9.97 Å². The number of carboxylic acid groups (broad SMARTS) is 1. The fourth-order valence-electron chi connectivity index (χ4n) is 3.60. The molecule has 1 fully saturated rings. The highest BCUT2D eigenvalue weighted by atomic mass is 32.1. The summed E-state index contributed by atoms with van der Waals surface area (Å²) in [6.07, 6.45) is 4.20. The van der Waals surface area contributed by atoms with Crippen molar-refractivity contribution in [2.24, 2.45) is 5.92 Å². The molecular weight excluding hydrogens is 346 g/mol. The second kappa shape index (κ2) is 7.03. The van der Waals surface area contributed by atoms with Gasteiger partial charge in [0.2, 0.25) is 0 Å². The number of fused-ring (bicyclic) bond motifs is 1. The second-order valence-electron chi connectivity index (χ2n) is 6.70. The molecule has 3 aromatic rings. The summed E-state index contributed by atoms with van der Waals surface area (Å²) in [6, 6.07) is 8.61. The fourth-order valence-corrected chi connectivity index (χ4v) is 4.51. The van der Waals surface area contributed by atoms with Crippen molar-refractivity contribution < 1.29 is 9.90 Å². The number of anilines is 1. The minimum atomic E-state index is -0.722. The van der Waals surface area contributed by atoms with E-state index in [1.165, 1.54) is 5.56 Å². The molecular formula is C20H21N3O2S. The molecule has 1 saturated heterocycles. The Morgan fingerprint density at radius 3 is 2.85 bits per heavy atom. The molecule has 3 heterocycles. The Bertz CT molecular complexity index is 936. The van der Waals surface area contributed by atoms with Crippen molar-refractivity contribution in [2.75, 3.05) is 18.0 Å². The van der Waals surface area contributed by atoms with E-state index in [1.807, 2.05) is 0 Å². The van der Waals surface area contributed by atoms with Crippen LogP contribution in [0.4, 0.5) is 5.82 Å². The number of thiophene rings is 1. The Morgan fingerprint density at radius 1 is 1.31 bits per heavy atom. The van der Waals surface area contributed by atoms with Crippen LogP contribution in [0.25, 0.3) is 21.3 Å². The highest BCUT2D eigenvalue weighted by Gasteiger charge is 2.28. The maximum Gasteiger partial charge on any atom is 0.308 e. The van der Waals surface area contributed by atoms with Gasteiger partial charge in [0.15, 0.2) is 0 Å². The number of piperidine rings is 1. The minimum Gasteiger partial charge on any atom is -0.481 e. The summed E-state index contributed by atoms with van der Waals surface area (Å²) in [5.74, 6) is -0.197. The maximum absolute atomic E-state index is 11.4. The Morgan fingerprint density at radius 2 is 2.12 bits per heavy atom. The quantitative estimate of drug-likeness (QED) is 0.748. The average Bonchev–Trinajstić information content (AvgIpc) is 3.12. The SMILES string of the molecule is CCc1ccc(-c2csc3ncnc(N4CCCC(C(=O)O)C4)c23)cc1. The molecule has 1 aromatic carbocycles. The molecule has 2 aromatic heterocycles. The fraction of sp³-hybridized carbons (Fsp3) is 0.350. The van der Waals surface area contributed by atoms with Crippen LogP contribution in [0.15, 0.2) is 36.0 Å². The Balaban J connectivity index is 1.78. The zero-order valence-electron chi connectivity index (χ0n) is 14.7. The second-order valence-corrected chi connectivity index (χ2v) is 7.56. The zero-order chi connectivity index (χ0) is 18.1. The van der Waals surface area contributed by atoms with E-state index in [-0.39, 0.29) is 5.92 Å². The molecule has 26 heavy (non-hydrogen) atoms. The van der Waals surface area contributed by atoms with Crippen LogP contribution in [0.2, 0.25) is 0 Å². The smallest absolute Gasteiger partial charge is 0.308 e. The maximum atomic E-state index is 11.4. The molecule has 0 spiro atoms. The van der Waals surface area contributed by atoms with E-state index >= 15 is 0 Å². The lowest BCUT2D eigenvalue weighted by atomic mass is 9.97. The predicted octanol–water partition coefficient (Wildman–Crippen LogP) is 4.22. The van der Waals surface area contributed by atoms with Gasteiger partial charge in [-0.2, -0.15) is 0 Å². The summed E-state index contributed by atoms with van der Waals surface area (Å²) in [5.41, 5.74) is 3.59. The van der Waals surface area contributed by atoms with Gasteiger partial charge in [0.25, 0.3) is 0 Å². The van der Waals surface area contributed by atoms with Crippen molar-refractivity contribution in [1.82, 2.24) is 9.97 Å². The largest absolute Gasteiger partial charge is 0.481 e. The van der Waals surface area contributed by atoms with Crippen molar-refractivity contribution in [1.29, 1.82) is 0 Å². The molecule has 0 amide bonds. The van der Waals surface area contributed by atoms with Crippen molar-refractivity contribution in [3.8, 4) is 11.1 Å². The number of aryl methyl sites for hydroxylation is 1. The average molecular weight is 367 g/mol. The molecule has 0 radical (unpaired) electrons. The predicted molar refractivity (Wildman–Crippen MR) is 105 cm³/mol. The number of carbonyl (C=O) groups is 1. The zero-order valence-corrected chi connectivity index (χ0v) is 15.5. The van der Waals surface area contributed by atoms with Crippen LogP contribution >= 0.6 is 11.3 Å². The van der Waals surface area contributed by atoms with E-state index in [4.69, 9.17) is 0 Å². The lowest BCUT2D eigenvalue weighted by molar-refractivity contribution is -0.141. The monoisotopic (exact) mass is 367 g/mol.